The maximum Gasteiger partial charge on any atom is 0.296 e. The molecular formula is C23H28N2O3. The second-order valence-corrected chi connectivity index (χ2v) is 9.44. The molecule has 28 heavy (non-hydrogen) atoms. The molecule has 3 aliphatic heterocycles. The van der Waals surface area contributed by atoms with Crippen molar-refractivity contribution in [3.8, 4) is 0 Å². The number of amides is 1. The van der Waals surface area contributed by atoms with E-state index in [0.29, 0.717) is 24.5 Å². The zero-order chi connectivity index (χ0) is 18.8. The summed E-state index contributed by atoms with van der Waals surface area (Å²) in [6.45, 7) is 2.35. The second kappa shape index (κ2) is 6.06. The number of likely N-dealkylation sites (tertiary alicyclic amines) is 1. The Hall–Kier alpha value is -1.88. The number of fused-ring (bicyclic) bond motifs is 3. The van der Waals surface area contributed by atoms with Crippen molar-refractivity contribution in [3.05, 3.63) is 35.4 Å². The minimum Gasteiger partial charge on any atom is -0.448 e. The molecule has 5 nitrogen and oxygen atoms in total. The van der Waals surface area contributed by atoms with Gasteiger partial charge in [-0.3, -0.25) is 4.79 Å². The van der Waals surface area contributed by atoms with Crippen molar-refractivity contribution >= 4 is 11.9 Å². The Balaban J connectivity index is 1.16. The highest BCUT2D eigenvalue weighted by atomic mass is 16.5. The van der Waals surface area contributed by atoms with Crippen LogP contribution >= 0.6 is 0 Å². The lowest BCUT2D eigenvalue weighted by Crippen LogP contribution is -2.46. The van der Waals surface area contributed by atoms with E-state index in [1.54, 1.807) is 0 Å². The molecule has 2 unspecified atom stereocenters. The molecular weight excluding hydrogens is 352 g/mol. The van der Waals surface area contributed by atoms with Gasteiger partial charge in [-0.25, -0.2) is 0 Å². The van der Waals surface area contributed by atoms with E-state index in [1.807, 2.05) is 0 Å². The molecule has 1 amide bonds. The Labute approximate surface area is 166 Å². The fourth-order valence-electron chi connectivity index (χ4n) is 6.43. The van der Waals surface area contributed by atoms with Crippen molar-refractivity contribution < 1.29 is 14.3 Å². The van der Waals surface area contributed by atoms with Crippen LogP contribution in [0.3, 0.4) is 0 Å². The number of piperidine rings is 1. The molecule has 148 valence electrons. The smallest absolute Gasteiger partial charge is 0.296 e. The molecule has 0 bridgehead atoms. The first-order valence-corrected chi connectivity index (χ1v) is 11.0. The van der Waals surface area contributed by atoms with Crippen LogP contribution in [0.1, 0.15) is 62.5 Å². The molecule has 2 spiro atoms. The number of amidine groups is 1. The molecule has 1 saturated heterocycles. The molecule has 0 aromatic heterocycles. The highest BCUT2D eigenvalue weighted by Crippen LogP contribution is 2.51. The predicted octanol–water partition coefficient (Wildman–Crippen LogP) is 3.76. The molecule has 3 heterocycles. The maximum atomic E-state index is 12.8. The normalized spacial score (nSPS) is 35.8. The van der Waals surface area contributed by atoms with Crippen LogP contribution in [0.15, 0.2) is 29.3 Å². The lowest BCUT2D eigenvalue weighted by Gasteiger charge is -2.39. The van der Waals surface area contributed by atoms with E-state index in [4.69, 9.17) is 9.47 Å². The van der Waals surface area contributed by atoms with E-state index in [0.717, 1.165) is 38.8 Å². The first-order chi connectivity index (χ1) is 13.7. The minimum atomic E-state index is -0.652. The fraction of sp³-hybridized carbons (Fsp3) is 0.652. The van der Waals surface area contributed by atoms with Crippen molar-refractivity contribution in [1.82, 2.24) is 4.90 Å². The highest BCUT2D eigenvalue weighted by Gasteiger charge is 2.57. The Morgan fingerprint density at radius 2 is 1.71 bits per heavy atom. The summed E-state index contributed by atoms with van der Waals surface area (Å²) >= 11 is 0. The van der Waals surface area contributed by atoms with Gasteiger partial charge in [-0.05, 0) is 48.6 Å². The third-order valence-electron chi connectivity index (χ3n) is 7.98. The van der Waals surface area contributed by atoms with Gasteiger partial charge in [0.1, 0.15) is 0 Å². The SMILES string of the molecule is O=C1N=C(N2CCC3(CC2)OCc2ccccc23)OC12CC1CCCCC1C2. The van der Waals surface area contributed by atoms with Gasteiger partial charge in [-0.2, -0.15) is 4.99 Å². The van der Waals surface area contributed by atoms with E-state index in [-0.39, 0.29) is 11.5 Å². The number of hydrogen-bond acceptors (Lipinski definition) is 4. The quantitative estimate of drug-likeness (QED) is 0.688. The topological polar surface area (TPSA) is 51.1 Å². The van der Waals surface area contributed by atoms with Gasteiger partial charge in [0, 0.05) is 13.1 Å². The molecule has 1 aromatic rings. The van der Waals surface area contributed by atoms with Gasteiger partial charge in [0.25, 0.3) is 11.9 Å². The Bertz CT molecular complexity index is 826. The summed E-state index contributed by atoms with van der Waals surface area (Å²) in [4.78, 5) is 19.4. The largest absolute Gasteiger partial charge is 0.448 e. The van der Waals surface area contributed by atoms with Crippen molar-refractivity contribution in [2.45, 2.75) is 69.2 Å². The number of rotatable bonds is 0. The Morgan fingerprint density at radius 3 is 2.46 bits per heavy atom. The number of benzene rings is 1. The third kappa shape index (κ3) is 2.41. The van der Waals surface area contributed by atoms with Gasteiger partial charge in [-0.1, -0.05) is 49.9 Å². The van der Waals surface area contributed by atoms with Crippen LogP contribution in [0.2, 0.25) is 0 Å². The monoisotopic (exact) mass is 380 g/mol. The summed E-state index contributed by atoms with van der Waals surface area (Å²) in [7, 11) is 0. The van der Waals surface area contributed by atoms with E-state index < -0.39 is 5.60 Å². The standard InChI is InChI=1S/C23H28N2O3/c26-20-23(13-16-5-1-2-6-17(16)14-23)28-21(24-20)25-11-9-22(10-12-25)19-8-4-3-7-18(19)15-27-22/h3-4,7-8,16-17H,1-2,5-6,9-15H2. The van der Waals surface area contributed by atoms with Gasteiger partial charge < -0.3 is 14.4 Å². The average Bonchev–Trinajstić information content (AvgIpc) is 3.37. The molecule has 3 fully saturated rings. The first-order valence-electron chi connectivity index (χ1n) is 11.0. The molecule has 2 aliphatic carbocycles. The fourth-order valence-corrected chi connectivity index (χ4v) is 6.43. The summed E-state index contributed by atoms with van der Waals surface area (Å²) in [5, 5.41) is 0. The van der Waals surface area contributed by atoms with E-state index in [1.165, 1.54) is 36.8 Å². The summed E-state index contributed by atoms with van der Waals surface area (Å²) < 4.78 is 12.6. The van der Waals surface area contributed by atoms with Crippen molar-refractivity contribution in [2.75, 3.05) is 13.1 Å². The van der Waals surface area contributed by atoms with Crippen molar-refractivity contribution in [3.63, 3.8) is 0 Å². The minimum absolute atomic E-state index is 0.0281. The van der Waals surface area contributed by atoms with Crippen LogP contribution < -0.4 is 0 Å². The molecule has 6 rings (SSSR count). The van der Waals surface area contributed by atoms with E-state index in [9.17, 15) is 4.79 Å². The van der Waals surface area contributed by atoms with Crippen LogP contribution in [-0.4, -0.2) is 35.5 Å². The van der Waals surface area contributed by atoms with Crippen LogP contribution in [-0.2, 0) is 26.5 Å². The highest BCUT2D eigenvalue weighted by molar-refractivity contribution is 6.01. The number of aliphatic imine (C=N–C) groups is 1. The van der Waals surface area contributed by atoms with E-state index in [2.05, 4.69) is 34.2 Å². The molecule has 0 N–H and O–H groups in total. The summed E-state index contributed by atoms with van der Waals surface area (Å²) in [6, 6.07) is 9.14. The lowest BCUT2D eigenvalue weighted by atomic mass is 9.82. The third-order valence-corrected chi connectivity index (χ3v) is 7.98. The van der Waals surface area contributed by atoms with Gasteiger partial charge >= 0.3 is 0 Å². The zero-order valence-electron chi connectivity index (χ0n) is 16.4. The van der Waals surface area contributed by atoms with Crippen LogP contribution in [0.25, 0.3) is 0 Å². The average molecular weight is 380 g/mol. The van der Waals surface area contributed by atoms with Gasteiger partial charge in [-0.15, -0.1) is 0 Å². The predicted molar refractivity (Wildman–Crippen MR) is 105 cm³/mol. The van der Waals surface area contributed by atoms with Crippen LogP contribution in [0, 0.1) is 11.8 Å². The number of carbonyl (C=O) groups excluding carboxylic acids is 1. The first kappa shape index (κ1) is 17.0. The zero-order valence-corrected chi connectivity index (χ0v) is 16.4. The summed E-state index contributed by atoms with van der Waals surface area (Å²) in [5.41, 5.74) is 1.83. The summed E-state index contributed by atoms with van der Waals surface area (Å²) in [6.07, 6.45) is 8.68. The Kier molecular flexibility index (Phi) is 3.68. The van der Waals surface area contributed by atoms with Gasteiger partial charge in [0.15, 0.2) is 5.60 Å². The van der Waals surface area contributed by atoms with Crippen LogP contribution in [0.5, 0.6) is 0 Å². The number of nitrogens with zero attached hydrogens (tertiary/aromatic N) is 2. The molecule has 5 aliphatic rings. The van der Waals surface area contributed by atoms with Crippen molar-refractivity contribution in [1.29, 1.82) is 0 Å². The lowest BCUT2D eigenvalue weighted by molar-refractivity contribution is -0.131. The molecule has 5 heteroatoms. The van der Waals surface area contributed by atoms with Gasteiger partial charge in [0.05, 0.1) is 12.2 Å². The number of hydrogen-bond donors (Lipinski definition) is 0. The molecule has 1 aromatic carbocycles. The number of ether oxygens (including phenoxy) is 2. The molecule has 2 atom stereocenters. The van der Waals surface area contributed by atoms with E-state index >= 15 is 0 Å². The van der Waals surface area contributed by atoms with Crippen LogP contribution in [0.4, 0.5) is 0 Å². The molecule has 2 saturated carbocycles. The second-order valence-electron chi connectivity index (χ2n) is 9.44. The Morgan fingerprint density at radius 1 is 1.00 bits per heavy atom. The van der Waals surface area contributed by atoms with Gasteiger partial charge in [0.2, 0.25) is 0 Å². The van der Waals surface area contributed by atoms with Crippen molar-refractivity contribution in [2.24, 2.45) is 16.8 Å². The number of carbonyl (C=O) groups is 1. The molecule has 0 radical (unpaired) electrons. The maximum absolute atomic E-state index is 12.8. The summed E-state index contributed by atoms with van der Waals surface area (Å²) in [5.74, 6) is 1.28.